The first-order chi connectivity index (χ1) is 13.3. The van der Waals surface area contributed by atoms with Gasteiger partial charge in [0.2, 0.25) is 11.8 Å². The molecular formula is C21H33N3O5. The van der Waals surface area contributed by atoms with Gasteiger partial charge in [0, 0.05) is 5.69 Å². The molecule has 29 heavy (non-hydrogen) atoms. The summed E-state index contributed by atoms with van der Waals surface area (Å²) in [4.78, 5) is 37.0. The van der Waals surface area contributed by atoms with Crippen LogP contribution in [0.2, 0.25) is 0 Å². The van der Waals surface area contributed by atoms with Crippen molar-refractivity contribution in [1.82, 2.24) is 10.6 Å². The molecule has 8 heteroatoms. The van der Waals surface area contributed by atoms with E-state index in [0.29, 0.717) is 5.69 Å². The summed E-state index contributed by atoms with van der Waals surface area (Å²) in [7, 11) is 0. The monoisotopic (exact) mass is 407 g/mol. The van der Waals surface area contributed by atoms with Crippen LogP contribution in [-0.2, 0) is 20.9 Å². The van der Waals surface area contributed by atoms with Crippen molar-refractivity contribution in [2.45, 2.75) is 72.8 Å². The molecule has 162 valence electrons. The lowest BCUT2D eigenvalue weighted by Gasteiger charge is -2.26. The average Bonchev–Trinajstić information content (AvgIpc) is 2.57. The highest BCUT2D eigenvalue weighted by Crippen LogP contribution is 2.15. The number of anilines is 1. The molecule has 0 aliphatic heterocycles. The van der Waals surface area contributed by atoms with Gasteiger partial charge in [0.15, 0.2) is 0 Å². The summed E-state index contributed by atoms with van der Waals surface area (Å²) in [5.41, 5.74) is 1.51. The van der Waals surface area contributed by atoms with E-state index in [0.717, 1.165) is 11.1 Å². The Hall–Kier alpha value is -2.61. The first kappa shape index (κ1) is 24.4. The average molecular weight is 408 g/mol. The topological polar surface area (TPSA) is 117 Å². The number of benzene rings is 1. The van der Waals surface area contributed by atoms with Gasteiger partial charge in [-0.2, -0.15) is 0 Å². The summed E-state index contributed by atoms with van der Waals surface area (Å²) in [5.74, 6) is -1.07. The Labute approximate surface area is 172 Å². The summed E-state index contributed by atoms with van der Waals surface area (Å²) < 4.78 is 5.20. The number of carbonyl (C=O) groups excluding carboxylic acids is 3. The van der Waals surface area contributed by atoms with E-state index in [1.807, 2.05) is 6.92 Å². The summed E-state index contributed by atoms with van der Waals surface area (Å²) in [6.07, 6.45) is -0.692. The molecule has 0 fully saturated rings. The highest BCUT2D eigenvalue weighted by Gasteiger charge is 2.29. The molecule has 0 aromatic heterocycles. The Bertz CT molecular complexity index is 740. The molecule has 0 unspecified atom stereocenters. The molecule has 2 atom stereocenters. The number of carbonyl (C=O) groups is 3. The van der Waals surface area contributed by atoms with Gasteiger partial charge >= 0.3 is 6.09 Å². The number of aryl methyl sites for hydroxylation is 1. The van der Waals surface area contributed by atoms with Crippen LogP contribution in [0.25, 0.3) is 0 Å². The first-order valence-electron chi connectivity index (χ1n) is 9.65. The van der Waals surface area contributed by atoms with Gasteiger partial charge in [-0.25, -0.2) is 4.79 Å². The van der Waals surface area contributed by atoms with Gasteiger partial charge < -0.3 is 25.8 Å². The molecule has 1 aromatic carbocycles. The van der Waals surface area contributed by atoms with E-state index >= 15 is 0 Å². The number of ether oxygens (including phenoxy) is 1. The number of aliphatic hydroxyl groups is 1. The van der Waals surface area contributed by atoms with Gasteiger partial charge in [-0.05, 0) is 63.8 Å². The predicted octanol–water partition coefficient (Wildman–Crippen LogP) is 2.48. The van der Waals surface area contributed by atoms with Gasteiger partial charge in [0.05, 0.1) is 6.61 Å². The standard InChI is InChI=1S/C21H33N3O5/c1-12(2)17(24-20(28)29-21(5,6)7)19(27)22-14(4)18(26)23-16-9-8-15(11-25)13(3)10-16/h8-10,12,14,17,25H,11H2,1-7H3,(H,22,27)(H,23,26)(H,24,28)/t14-,17-/m0/s1. The lowest BCUT2D eigenvalue weighted by atomic mass is 10.0. The zero-order valence-corrected chi connectivity index (χ0v) is 18.3. The van der Waals surface area contributed by atoms with Gasteiger partial charge in [-0.15, -0.1) is 0 Å². The summed E-state index contributed by atoms with van der Waals surface area (Å²) >= 11 is 0. The second kappa shape index (κ2) is 10.2. The van der Waals surface area contributed by atoms with Crippen LogP contribution in [0.15, 0.2) is 18.2 Å². The molecular weight excluding hydrogens is 374 g/mol. The molecule has 0 heterocycles. The number of aliphatic hydroxyl groups excluding tert-OH is 1. The molecule has 0 saturated heterocycles. The largest absolute Gasteiger partial charge is 0.444 e. The molecule has 0 radical (unpaired) electrons. The summed E-state index contributed by atoms with van der Waals surface area (Å²) in [6.45, 7) is 12.1. The fourth-order valence-electron chi connectivity index (χ4n) is 2.54. The van der Waals surface area contributed by atoms with Crippen LogP contribution in [0.3, 0.4) is 0 Å². The van der Waals surface area contributed by atoms with Crippen molar-refractivity contribution in [3.05, 3.63) is 29.3 Å². The maximum Gasteiger partial charge on any atom is 0.408 e. The number of nitrogens with one attached hydrogen (secondary N) is 3. The van der Waals surface area contributed by atoms with Crippen LogP contribution in [0.4, 0.5) is 10.5 Å². The maximum atomic E-state index is 12.6. The lowest BCUT2D eigenvalue weighted by molar-refractivity contribution is -0.128. The van der Waals surface area contributed by atoms with Crippen LogP contribution in [-0.4, -0.2) is 40.7 Å². The number of amides is 3. The van der Waals surface area contributed by atoms with E-state index in [-0.39, 0.29) is 12.5 Å². The zero-order chi connectivity index (χ0) is 22.4. The SMILES string of the molecule is Cc1cc(NC(=O)[C@H](C)NC(=O)[C@@H](NC(=O)OC(C)(C)C)C(C)C)ccc1CO. The summed E-state index contributed by atoms with van der Waals surface area (Å²) in [6, 6.07) is 3.51. The van der Waals surface area contributed by atoms with Crippen LogP contribution in [0.1, 0.15) is 52.7 Å². The second-order valence-corrected chi connectivity index (χ2v) is 8.39. The van der Waals surface area contributed by atoms with Crippen molar-refractivity contribution >= 4 is 23.6 Å². The minimum absolute atomic E-state index is 0.0756. The van der Waals surface area contributed by atoms with Crippen molar-refractivity contribution in [2.75, 3.05) is 5.32 Å². The van der Waals surface area contributed by atoms with Crippen LogP contribution >= 0.6 is 0 Å². The zero-order valence-electron chi connectivity index (χ0n) is 18.3. The second-order valence-electron chi connectivity index (χ2n) is 8.39. The van der Waals surface area contributed by atoms with E-state index in [4.69, 9.17) is 4.74 Å². The third-order valence-corrected chi connectivity index (χ3v) is 4.15. The Kier molecular flexibility index (Phi) is 8.63. The minimum Gasteiger partial charge on any atom is -0.444 e. The Morgan fingerprint density at radius 1 is 1.07 bits per heavy atom. The van der Waals surface area contributed by atoms with Gasteiger partial charge in [0.1, 0.15) is 17.7 Å². The van der Waals surface area contributed by atoms with E-state index in [1.54, 1.807) is 59.7 Å². The minimum atomic E-state index is -0.841. The number of rotatable bonds is 7. The molecule has 3 amide bonds. The van der Waals surface area contributed by atoms with Crippen molar-refractivity contribution in [2.24, 2.45) is 5.92 Å². The van der Waals surface area contributed by atoms with E-state index < -0.39 is 35.6 Å². The molecule has 0 bridgehead atoms. The smallest absolute Gasteiger partial charge is 0.408 e. The van der Waals surface area contributed by atoms with Crippen LogP contribution < -0.4 is 16.0 Å². The van der Waals surface area contributed by atoms with Gasteiger partial charge in [-0.3, -0.25) is 9.59 Å². The number of hydrogen-bond donors (Lipinski definition) is 4. The highest BCUT2D eigenvalue weighted by atomic mass is 16.6. The van der Waals surface area contributed by atoms with Crippen molar-refractivity contribution in [3.63, 3.8) is 0 Å². The Balaban J connectivity index is 2.72. The van der Waals surface area contributed by atoms with E-state index in [2.05, 4.69) is 16.0 Å². The fourth-order valence-corrected chi connectivity index (χ4v) is 2.54. The maximum absolute atomic E-state index is 12.6. The van der Waals surface area contributed by atoms with Gasteiger partial charge in [-0.1, -0.05) is 19.9 Å². The van der Waals surface area contributed by atoms with Gasteiger partial charge in [0.25, 0.3) is 0 Å². The normalized spacial score (nSPS) is 13.4. The Morgan fingerprint density at radius 3 is 2.17 bits per heavy atom. The fraction of sp³-hybridized carbons (Fsp3) is 0.571. The van der Waals surface area contributed by atoms with Crippen molar-refractivity contribution in [1.29, 1.82) is 0 Å². The van der Waals surface area contributed by atoms with E-state index in [9.17, 15) is 19.5 Å². The van der Waals surface area contributed by atoms with Crippen molar-refractivity contribution in [3.8, 4) is 0 Å². The van der Waals surface area contributed by atoms with E-state index in [1.165, 1.54) is 0 Å². The molecule has 0 spiro atoms. The molecule has 0 aliphatic carbocycles. The molecule has 4 N–H and O–H groups in total. The number of alkyl carbamates (subject to hydrolysis) is 1. The van der Waals surface area contributed by atoms with Crippen LogP contribution in [0, 0.1) is 12.8 Å². The lowest BCUT2D eigenvalue weighted by Crippen LogP contribution is -2.54. The molecule has 1 aromatic rings. The van der Waals surface area contributed by atoms with Crippen LogP contribution in [0.5, 0.6) is 0 Å². The van der Waals surface area contributed by atoms with Crippen molar-refractivity contribution < 1.29 is 24.2 Å². The Morgan fingerprint density at radius 2 is 1.69 bits per heavy atom. The first-order valence-corrected chi connectivity index (χ1v) is 9.65. The molecule has 8 nitrogen and oxygen atoms in total. The summed E-state index contributed by atoms with van der Waals surface area (Å²) in [5, 5.41) is 17.1. The molecule has 0 saturated carbocycles. The quantitative estimate of drug-likeness (QED) is 0.554. The third-order valence-electron chi connectivity index (χ3n) is 4.15. The molecule has 0 aliphatic rings. The number of hydrogen-bond acceptors (Lipinski definition) is 5. The molecule has 1 rings (SSSR count). The third kappa shape index (κ3) is 8.11. The highest BCUT2D eigenvalue weighted by molar-refractivity contribution is 5.98. The predicted molar refractivity (Wildman–Crippen MR) is 111 cm³/mol.